The first-order valence-electron chi connectivity index (χ1n) is 12.9. The van der Waals surface area contributed by atoms with Crippen molar-refractivity contribution in [2.75, 3.05) is 26.3 Å². The molecule has 1 saturated heterocycles. The van der Waals surface area contributed by atoms with E-state index in [4.69, 9.17) is 9.47 Å². The van der Waals surface area contributed by atoms with Gasteiger partial charge in [0, 0.05) is 31.1 Å². The van der Waals surface area contributed by atoms with Crippen molar-refractivity contribution in [2.45, 2.75) is 52.4 Å². The van der Waals surface area contributed by atoms with Crippen LogP contribution in [0.2, 0.25) is 0 Å². The molecule has 5 heteroatoms. The maximum absolute atomic E-state index is 13.5. The van der Waals surface area contributed by atoms with Gasteiger partial charge in [-0.25, -0.2) is 0 Å². The number of carbonyl (C=O) groups excluding carboxylic acids is 1. The Morgan fingerprint density at radius 2 is 1.68 bits per heavy atom. The van der Waals surface area contributed by atoms with Crippen molar-refractivity contribution < 1.29 is 14.3 Å². The van der Waals surface area contributed by atoms with Gasteiger partial charge in [-0.1, -0.05) is 38.8 Å². The highest BCUT2D eigenvalue weighted by Crippen LogP contribution is 2.37. The summed E-state index contributed by atoms with van der Waals surface area (Å²) in [5, 5.41) is 0. The fraction of sp³-hybridized carbons (Fsp3) is 0.483. The predicted octanol–water partition coefficient (Wildman–Crippen LogP) is 5.91. The van der Waals surface area contributed by atoms with E-state index in [0.29, 0.717) is 13.2 Å². The zero-order valence-corrected chi connectivity index (χ0v) is 20.5. The highest BCUT2D eigenvalue weighted by atomic mass is 16.6. The highest BCUT2D eigenvalue weighted by molar-refractivity contribution is 5.98. The molecular formula is C29H36N2O3. The number of nitrogens with zero attached hydrogens (tertiary/aromatic N) is 2. The van der Waals surface area contributed by atoms with E-state index in [9.17, 15) is 4.79 Å². The standard InChI is InChI=1S/C29H36N2O3/c1-21-6-3-4-14-30(15-5-7-21)25-12-11-24-10-8-22(2)26(19-29(32)31(24)20-25)23-9-13-27-28(18-23)34-17-16-33-27/h9-13,18-22H,3-8,14-17H2,1-2H3. The lowest BCUT2D eigenvalue weighted by Crippen LogP contribution is -2.32. The van der Waals surface area contributed by atoms with Crippen LogP contribution in [0.5, 0.6) is 11.5 Å². The lowest BCUT2D eigenvalue weighted by molar-refractivity contribution is -0.122. The van der Waals surface area contributed by atoms with E-state index in [-0.39, 0.29) is 11.8 Å². The van der Waals surface area contributed by atoms with Crippen LogP contribution in [0.25, 0.3) is 5.57 Å². The number of fused-ring (bicyclic) bond motifs is 2. The average Bonchev–Trinajstić information content (AvgIpc) is 2.96. The van der Waals surface area contributed by atoms with Crippen LogP contribution in [0.3, 0.4) is 0 Å². The van der Waals surface area contributed by atoms with Crippen molar-refractivity contribution in [3.63, 3.8) is 0 Å². The molecule has 4 aliphatic heterocycles. The van der Waals surface area contributed by atoms with Gasteiger partial charge in [-0.2, -0.15) is 0 Å². The third kappa shape index (κ3) is 4.94. The second-order valence-electron chi connectivity index (χ2n) is 10.0. The molecule has 34 heavy (non-hydrogen) atoms. The predicted molar refractivity (Wildman–Crippen MR) is 135 cm³/mol. The molecule has 4 aliphatic rings. The maximum atomic E-state index is 13.5. The number of carbonyl (C=O) groups is 1. The molecule has 5 rings (SSSR count). The Kier molecular flexibility index (Phi) is 6.80. The lowest BCUT2D eigenvalue weighted by Gasteiger charge is -2.32. The summed E-state index contributed by atoms with van der Waals surface area (Å²) in [6.07, 6.45) is 17.5. The molecule has 4 heterocycles. The van der Waals surface area contributed by atoms with Gasteiger partial charge in [0.05, 0.1) is 5.70 Å². The van der Waals surface area contributed by atoms with Crippen molar-refractivity contribution in [3.8, 4) is 11.5 Å². The number of benzene rings is 1. The molecule has 2 atom stereocenters. The van der Waals surface area contributed by atoms with E-state index in [0.717, 1.165) is 59.5 Å². The van der Waals surface area contributed by atoms with Crippen LogP contribution in [0.1, 0.15) is 57.9 Å². The number of hydrogen-bond acceptors (Lipinski definition) is 4. The Labute approximate surface area is 203 Å². The fourth-order valence-corrected chi connectivity index (χ4v) is 5.35. The second kappa shape index (κ2) is 10.1. The number of amides is 1. The minimum atomic E-state index is 0.00225. The molecular weight excluding hydrogens is 424 g/mol. The summed E-state index contributed by atoms with van der Waals surface area (Å²) in [6, 6.07) is 6.00. The Morgan fingerprint density at radius 1 is 0.912 bits per heavy atom. The van der Waals surface area contributed by atoms with Crippen LogP contribution < -0.4 is 9.47 Å². The minimum Gasteiger partial charge on any atom is -0.486 e. The van der Waals surface area contributed by atoms with Crippen LogP contribution >= 0.6 is 0 Å². The Hall–Kier alpha value is -2.95. The van der Waals surface area contributed by atoms with Gasteiger partial charge in [0.1, 0.15) is 13.2 Å². The van der Waals surface area contributed by atoms with Crippen molar-refractivity contribution >= 4 is 11.5 Å². The van der Waals surface area contributed by atoms with Gasteiger partial charge in [-0.05, 0) is 72.9 Å². The molecule has 0 saturated carbocycles. The third-order valence-electron chi connectivity index (χ3n) is 7.43. The van der Waals surface area contributed by atoms with Crippen LogP contribution in [-0.4, -0.2) is 42.0 Å². The van der Waals surface area contributed by atoms with Gasteiger partial charge in [-0.15, -0.1) is 0 Å². The highest BCUT2D eigenvalue weighted by Gasteiger charge is 2.25. The monoisotopic (exact) mass is 460 g/mol. The Bertz CT molecular complexity index is 1050. The molecule has 0 bridgehead atoms. The molecule has 1 amide bonds. The molecule has 180 valence electrons. The first-order valence-corrected chi connectivity index (χ1v) is 12.9. The quantitative estimate of drug-likeness (QED) is 0.550. The van der Waals surface area contributed by atoms with E-state index in [1.54, 1.807) is 0 Å². The summed E-state index contributed by atoms with van der Waals surface area (Å²) in [5.74, 6) is 2.57. The molecule has 1 aromatic carbocycles. The van der Waals surface area contributed by atoms with E-state index in [2.05, 4.69) is 37.0 Å². The molecule has 0 radical (unpaired) electrons. The van der Waals surface area contributed by atoms with Crippen LogP contribution in [0, 0.1) is 11.8 Å². The summed E-state index contributed by atoms with van der Waals surface area (Å²) >= 11 is 0. The lowest BCUT2D eigenvalue weighted by atomic mass is 9.89. The number of hydrogen-bond donors (Lipinski definition) is 0. The van der Waals surface area contributed by atoms with Crippen molar-refractivity contribution in [1.82, 2.24) is 9.80 Å². The summed E-state index contributed by atoms with van der Waals surface area (Å²) in [7, 11) is 0. The van der Waals surface area contributed by atoms with Crippen LogP contribution in [-0.2, 0) is 4.79 Å². The largest absolute Gasteiger partial charge is 0.486 e. The van der Waals surface area contributed by atoms with Crippen molar-refractivity contribution in [2.24, 2.45) is 11.8 Å². The number of rotatable bonds is 2. The molecule has 1 fully saturated rings. The van der Waals surface area contributed by atoms with Crippen LogP contribution in [0.4, 0.5) is 0 Å². The van der Waals surface area contributed by atoms with Gasteiger partial charge in [-0.3, -0.25) is 9.69 Å². The molecule has 0 N–H and O–H groups in total. The van der Waals surface area contributed by atoms with Crippen LogP contribution in [0.15, 0.2) is 60.1 Å². The molecule has 0 spiro atoms. The average molecular weight is 461 g/mol. The summed E-state index contributed by atoms with van der Waals surface area (Å²) in [5.41, 5.74) is 4.17. The second-order valence-corrected chi connectivity index (χ2v) is 10.0. The van der Waals surface area contributed by atoms with Crippen molar-refractivity contribution in [3.05, 3.63) is 65.7 Å². The first-order chi connectivity index (χ1) is 16.6. The third-order valence-corrected chi connectivity index (χ3v) is 7.43. The van der Waals surface area contributed by atoms with Gasteiger partial charge in [0.15, 0.2) is 11.5 Å². The maximum Gasteiger partial charge on any atom is 0.255 e. The molecule has 2 unspecified atom stereocenters. The fourth-order valence-electron chi connectivity index (χ4n) is 5.35. The number of ether oxygens (including phenoxy) is 2. The SMILES string of the molecule is CC1CCCCN(C2=CN3C(=O)C=C(c4ccc5c(c4)OCCO5)C(C)CC=C3C=C2)CCC1. The number of allylic oxidation sites excluding steroid dienone is 4. The smallest absolute Gasteiger partial charge is 0.255 e. The Morgan fingerprint density at radius 3 is 2.56 bits per heavy atom. The molecule has 0 aromatic heterocycles. The van der Waals surface area contributed by atoms with Gasteiger partial charge in [0.25, 0.3) is 5.91 Å². The van der Waals surface area contributed by atoms with Gasteiger partial charge >= 0.3 is 0 Å². The van der Waals surface area contributed by atoms with Gasteiger partial charge < -0.3 is 14.4 Å². The van der Waals surface area contributed by atoms with E-state index < -0.39 is 0 Å². The topological polar surface area (TPSA) is 42.0 Å². The van der Waals surface area contributed by atoms with E-state index in [1.165, 1.54) is 32.1 Å². The van der Waals surface area contributed by atoms with E-state index in [1.807, 2.05) is 35.4 Å². The Balaban J connectivity index is 1.40. The molecule has 5 nitrogen and oxygen atoms in total. The van der Waals surface area contributed by atoms with E-state index >= 15 is 0 Å². The normalized spacial score (nSPS) is 25.6. The summed E-state index contributed by atoms with van der Waals surface area (Å²) in [4.78, 5) is 17.8. The first kappa shape index (κ1) is 22.8. The summed E-state index contributed by atoms with van der Waals surface area (Å²) in [6.45, 7) is 7.79. The minimum absolute atomic E-state index is 0.00225. The van der Waals surface area contributed by atoms with Gasteiger partial charge in [0.2, 0.25) is 0 Å². The summed E-state index contributed by atoms with van der Waals surface area (Å²) < 4.78 is 11.5. The molecule has 1 aromatic rings. The zero-order valence-electron chi connectivity index (χ0n) is 20.5. The molecule has 0 aliphatic carbocycles. The zero-order chi connectivity index (χ0) is 23.5. The van der Waals surface area contributed by atoms with Crippen molar-refractivity contribution in [1.29, 1.82) is 0 Å².